The number of rotatable bonds is 4. The van der Waals surface area contributed by atoms with E-state index < -0.39 is 6.09 Å². The predicted octanol–water partition coefficient (Wildman–Crippen LogP) is 2.90. The van der Waals surface area contributed by atoms with Crippen molar-refractivity contribution < 1.29 is 14.3 Å². The Bertz CT molecular complexity index is 847. The molecule has 0 bridgehead atoms. The first-order valence-corrected chi connectivity index (χ1v) is 6.98. The molecule has 3 aromatic rings. The maximum absolute atomic E-state index is 10.6. The molecule has 0 unspecified atom stereocenters. The van der Waals surface area contributed by atoms with Gasteiger partial charge in [-0.1, -0.05) is 24.3 Å². The number of amides is 1. The van der Waals surface area contributed by atoms with Gasteiger partial charge in [0.1, 0.15) is 6.61 Å². The molecular formula is C17H15N3O3. The summed E-state index contributed by atoms with van der Waals surface area (Å²) in [6.07, 6.45) is 0.933. The number of carbonyl (C=O) groups excluding carboxylic acids is 1. The Hall–Kier alpha value is -3.15. The molecular weight excluding hydrogens is 294 g/mol. The number of pyridine rings is 2. The van der Waals surface area contributed by atoms with E-state index in [1.165, 1.54) is 0 Å². The van der Waals surface area contributed by atoms with Crippen LogP contribution in [0.1, 0.15) is 5.56 Å². The molecule has 1 amide bonds. The van der Waals surface area contributed by atoms with Crippen LogP contribution in [0.15, 0.2) is 48.7 Å². The fraction of sp³-hybridized carbons (Fsp3) is 0.118. The minimum atomic E-state index is -0.783. The van der Waals surface area contributed by atoms with Gasteiger partial charge in [-0.15, -0.1) is 0 Å². The summed E-state index contributed by atoms with van der Waals surface area (Å²) in [5, 5.41) is 0.939. The van der Waals surface area contributed by atoms with E-state index in [0.29, 0.717) is 11.5 Å². The molecule has 6 heteroatoms. The van der Waals surface area contributed by atoms with E-state index in [1.54, 1.807) is 13.3 Å². The van der Waals surface area contributed by atoms with Gasteiger partial charge in [0.15, 0.2) is 5.65 Å². The number of nitrogens with zero attached hydrogens (tertiary/aromatic N) is 2. The van der Waals surface area contributed by atoms with Gasteiger partial charge in [-0.25, -0.2) is 9.78 Å². The van der Waals surface area contributed by atoms with Crippen LogP contribution in [0.5, 0.6) is 5.88 Å². The van der Waals surface area contributed by atoms with Crippen LogP contribution in [0.25, 0.3) is 22.2 Å². The van der Waals surface area contributed by atoms with Gasteiger partial charge in [0, 0.05) is 17.6 Å². The molecule has 0 saturated heterocycles. The number of benzene rings is 1. The van der Waals surface area contributed by atoms with E-state index in [1.807, 2.05) is 42.5 Å². The van der Waals surface area contributed by atoms with Gasteiger partial charge in [-0.2, -0.15) is 4.98 Å². The van der Waals surface area contributed by atoms with E-state index in [9.17, 15) is 4.79 Å². The topological polar surface area (TPSA) is 87.3 Å². The molecule has 0 fully saturated rings. The smallest absolute Gasteiger partial charge is 0.404 e. The van der Waals surface area contributed by atoms with Crippen LogP contribution in [0.2, 0.25) is 0 Å². The van der Waals surface area contributed by atoms with Gasteiger partial charge in [-0.05, 0) is 28.8 Å². The van der Waals surface area contributed by atoms with Crippen molar-refractivity contribution in [3.63, 3.8) is 0 Å². The van der Waals surface area contributed by atoms with Gasteiger partial charge in [0.05, 0.1) is 7.11 Å². The van der Waals surface area contributed by atoms with E-state index in [-0.39, 0.29) is 6.61 Å². The quantitative estimate of drug-likeness (QED) is 0.800. The van der Waals surface area contributed by atoms with Crippen molar-refractivity contribution in [3.8, 4) is 17.0 Å². The second-order valence-electron chi connectivity index (χ2n) is 4.89. The molecule has 0 aliphatic rings. The molecule has 116 valence electrons. The summed E-state index contributed by atoms with van der Waals surface area (Å²) >= 11 is 0. The molecule has 23 heavy (non-hydrogen) atoms. The average Bonchev–Trinajstić information content (AvgIpc) is 2.59. The highest BCUT2D eigenvalue weighted by Crippen LogP contribution is 2.28. The minimum Gasteiger partial charge on any atom is -0.481 e. The summed E-state index contributed by atoms with van der Waals surface area (Å²) in [6.45, 7) is 0.158. The second-order valence-corrected chi connectivity index (χ2v) is 4.89. The molecule has 1 aromatic carbocycles. The fourth-order valence-corrected chi connectivity index (χ4v) is 2.31. The summed E-state index contributed by atoms with van der Waals surface area (Å²) in [5.41, 5.74) is 8.50. The largest absolute Gasteiger partial charge is 0.481 e. The van der Waals surface area contributed by atoms with Crippen LogP contribution in [0, 0.1) is 0 Å². The van der Waals surface area contributed by atoms with Crippen LogP contribution < -0.4 is 10.5 Å². The van der Waals surface area contributed by atoms with Crippen LogP contribution >= 0.6 is 0 Å². The zero-order valence-electron chi connectivity index (χ0n) is 12.5. The Labute approximate surface area is 132 Å². The van der Waals surface area contributed by atoms with Crippen LogP contribution in [0.3, 0.4) is 0 Å². The monoisotopic (exact) mass is 309 g/mol. The third kappa shape index (κ3) is 3.21. The van der Waals surface area contributed by atoms with Gasteiger partial charge >= 0.3 is 6.09 Å². The van der Waals surface area contributed by atoms with Gasteiger partial charge < -0.3 is 15.2 Å². The number of hydrogen-bond acceptors (Lipinski definition) is 5. The van der Waals surface area contributed by atoms with Crippen molar-refractivity contribution in [1.29, 1.82) is 0 Å². The number of fused-ring (bicyclic) bond motifs is 1. The van der Waals surface area contributed by atoms with Gasteiger partial charge in [0.2, 0.25) is 5.88 Å². The van der Waals surface area contributed by atoms with E-state index >= 15 is 0 Å². The fourth-order valence-electron chi connectivity index (χ4n) is 2.31. The third-order valence-corrected chi connectivity index (χ3v) is 3.43. The van der Waals surface area contributed by atoms with E-state index in [2.05, 4.69) is 9.97 Å². The van der Waals surface area contributed by atoms with Crippen molar-refractivity contribution in [2.75, 3.05) is 7.11 Å². The van der Waals surface area contributed by atoms with Crippen molar-refractivity contribution in [1.82, 2.24) is 9.97 Å². The number of ether oxygens (including phenoxy) is 2. The Balaban J connectivity index is 1.95. The predicted molar refractivity (Wildman–Crippen MR) is 85.9 cm³/mol. The number of carbonyl (C=O) groups is 1. The van der Waals surface area contributed by atoms with Gasteiger partial charge in [0.25, 0.3) is 0 Å². The average molecular weight is 309 g/mol. The van der Waals surface area contributed by atoms with E-state index in [4.69, 9.17) is 15.2 Å². The third-order valence-electron chi connectivity index (χ3n) is 3.43. The van der Waals surface area contributed by atoms with Crippen molar-refractivity contribution in [2.24, 2.45) is 5.73 Å². The number of methoxy groups -OCH3 is 1. The number of aromatic nitrogens is 2. The number of hydrogen-bond donors (Lipinski definition) is 1. The molecule has 2 N–H and O–H groups in total. The summed E-state index contributed by atoms with van der Waals surface area (Å²) in [5.74, 6) is 0.529. The zero-order valence-corrected chi connectivity index (χ0v) is 12.5. The lowest BCUT2D eigenvalue weighted by atomic mass is 10.0. The standard InChI is InChI=1S/C17H15N3O3/c1-22-15-7-6-14-13(8-9-19-16(14)20-15)12-4-2-11(3-5-12)10-23-17(18)21/h2-9H,10H2,1H3,(H2,18,21). The zero-order chi connectivity index (χ0) is 16.2. The van der Waals surface area contributed by atoms with E-state index in [0.717, 1.165) is 22.1 Å². The minimum absolute atomic E-state index is 0.158. The van der Waals surface area contributed by atoms with Crippen molar-refractivity contribution in [3.05, 3.63) is 54.2 Å². The number of primary amides is 1. The molecule has 0 radical (unpaired) electrons. The summed E-state index contributed by atoms with van der Waals surface area (Å²) < 4.78 is 9.90. The Morgan fingerprint density at radius 1 is 1.13 bits per heavy atom. The molecule has 0 spiro atoms. The van der Waals surface area contributed by atoms with Crippen LogP contribution in [-0.2, 0) is 11.3 Å². The first-order chi connectivity index (χ1) is 11.2. The van der Waals surface area contributed by atoms with Crippen molar-refractivity contribution >= 4 is 17.1 Å². The first-order valence-electron chi connectivity index (χ1n) is 6.98. The summed E-state index contributed by atoms with van der Waals surface area (Å²) in [4.78, 5) is 19.3. The SMILES string of the molecule is COc1ccc2c(-c3ccc(COC(N)=O)cc3)ccnc2n1. The maximum Gasteiger partial charge on any atom is 0.404 e. The van der Waals surface area contributed by atoms with Crippen molar-refractivity contribution in [2.45, 2.75) is 6.61 Å². The Morgan fingerprint density at radius 2 is 1.91 bits per heavy atom. The molecule has 0 atom stereocenters. The highest BCUT2D eigenvalue weighted by molar-refractivity contribution is 5.92. The second kappa shape index (κ2) is 6.31. The lowest BCUT2D eigenvalue weighted by molar-refractivity contribution is 0.150. The van der Waals surface area contributed by atoms with Gasteiger partial charge in [-0.3, -0.25) is 0 Å². The molecule has 6 nitrogen and oxygen atoms in total. The molecule has 2 heterocycles. The molecule has 3 rings (SSSR count). The van der Waals surface area contributed by atoms with Crippen LogP contribution in [-0.4, -0.2) is 23.2 Å². The molecule has 0 aliphatic carbocycles. The lowest BCUT2D eigenvalue weighted by Crippen LogP contribution is -2.12. The lowest BCUT2D eigenvalue weighted by Gasteiger charge is -2.08. The summed E-state index contributed by atoms with van der Waals surface area (Å²) in [6, 6.07) is 13.4. The molecule has 2 aromatic heterocycles. The first kappa shape index (κ1) is 14.8. The number of nitrogens with two attached hydrogens (primary N) is 1. The normalized spacial score (nSPS) is 10.5. The maximum atomic E-state index is 10.6. The Morgan fingerprint density at radius 3 is 2.61 bits per heavy atom. The molecule has 0 aliphatic heterocycles. The molecule has 0 saturated carbocycles. The Kier molecular flexibility index (Phi) is 4.05. The summed E-state index contributed by atoms with van der Waals surface area (Å²) in [7, 11) is 1.57. The van der Waals surface area contributed by atoms with Crippen LogP contribution in [0.4, 0.5) is 4.79 Å². The highest BCUT2D eigenvalue weighted by atomic mass is 16.5. The highest BCUT2D eigenvalue weighted by Gasteiger charge is 2.07.